The number of hydrogen-bond acceptors (Lipinski definition) is 2. The summed E-state index contributed by atoms with van der Waals surface area (Å²) in [4.78, 5) is 16.1. The van der Waals surface area contributed by atoms with Crippen LogP contribution in [0.15, 0.2) is 24.5 Å². The van der Waals surface area contributed by atoms with Crippen molar-refractivity contribution in [2.45, 2.75) is 39.0 Å². The molecule has 2 heteroatoms. The molecule has 80 valence electrons. The van der Waals surface area contributed by atoms with Crippen molar-refractivity contribution in [3.8, 4) is 0 Å². The SMILES string of the molecule is CC1(C(=O)Cc2ccncc2)CCCC1. The van der Waals surface area contributed by atoms with E-state index in [2.05, 4.69) is 11.9 Å². The zero-order chi connectivity index (χ0) is 10.7. The lowest BCUT2D eigenvalue weighted by Crippen LogP contribution is -2.25. The Morgan fingerprint density at radius 3 is 2.53 bits per heavy atom. The number of pyridine rings is 1. The molecule has 15 heavy (non-hydrogen) atoms. The van der Waals surface area contributed by atoms with Crippen LogP contribution < -0.4 is 0 Å². The summed E-state index contributed by atoms with van der Waals surface area (Å²) in [7, 11) is 0. The Hall–Kier alpha value is -1.18. The fraction of sp³-hybridized carbons (Fsp3) is 0.538. The molecule has 1 fully saturated rings. The minimum absolute atomic E-state index is 0.0523. The Balaban J connectivity index is 2.04. The van der Waals surface area contributed by atoms with Crippen molar-refractivity contribution >= 4 is 5.78 Å². The van der Waals surface area contributed by atoms with Crippen LogP contribution in [0.3, 0.4) is 0 Å². The lowest BCUT2D eigenvalue weighted by molar-refractivity contribution is -0.126. The molecular weight excluding hydrogens is 186 g/mol. The number of carbonyl (C=O) groups excluding carboxylic acids is 1. The molecule has 1 heterocycles. The number of carbonyl (C=O) groups is 1. The summed E-state index contributed by atoms with van der Waals surface area (Å²) in [6.07, 6.45) is 8.61. The Morgan fingerprint density at radius 2 is 1.93 bits per heavy atom. The normalized spacial score (nSPS) is 19.0. The summed E-state index contributed by atoms with van der Waals surface area (Å²) in [6.45, 7) is 2.11. The summed E-state index contributed by atoms with van der Waals surface area (Å²) in [5.41, 5.74) is 1.03. The van der Waals surface area contributed by atoms with E-state index in [-0.39, 0.29) is 5.41 Å². The average molecular weight is 203 g/mol. The van der Waals surface area contributed by atoms with Crippen LogP contribution in [0.5, 0.6) is 0 Å². The molecule has 0 unspecified atom stereocenters. The van der Waals surface area contributed by atoms with E-state index in [1.807, 2.05) is 12.1 Å². The van der Waals surface area contributed by atoms with Gasteiger partial charge in [-0.25, -0.2) is 0 Å². The smallest absolute Gasteiger partial charge is 0.143 e. The molecule has 1 aromatic rings. The highest BCUT2D eigenvalue weighted by molar-refractivity contribution is 5.86. The topological polar surface area (TPSA) is 30.0 Å². The Bertz CT molecular complexity index is 339. The van der Waals surface area contributed by atoms with E-state index in [9.17, 15) is 4.79 Å². The molecule has 1 aromatic heterocycles. The fourth-order valence-electron chi connectivity index (χ4n) is 2.33. The van der Waals surface area contributed by atoms with E-state index in [0.717, 1.165) is 18.4 Å². The third-order valence-electron chi connectivity index (χ3n) is 3.49. The van der Waals surface area contributed by atoms with Gasteiger partial charge in [-0.2, -0.15) is 0 Å². The van der Waals surface area contributed by atoms with Crippen molar-refractivity contribution in [1.29, 1.82) is 0 Å². The molecule has 0 spiro atoms. The molecule has 0 atom stereocenters. The number of nitrogens with zero attached hydrogens (tertiary/aromatic N) is 1. The van der Waals surface area contributed by atoms with Gasteiger partial charge in [0.05, 0.1) is 0 Å². The zero-order valence-electron chi connectivity index (χ0n) is 9.20. The van der Waals surface area contributed by atoms with E-state index in [1.54, 1.807) is 12.4 Å². The standard InChI is InChI=1S/C13H17NO/c1-13(6-2-3-7-13)12(15)10-11-4-8-14-9-5-11/h4-5,8-9H,2-3,6-7,10H2,1H3. The van der Waals surface area contributed by atoms with E-state index in [1.165, 1.54) is 12.8 Å². The van der Waals surface area contributed by atoms with Gasteiger partial charge in [0.25, 0.3) is 0 Å². The van der Waals surface area contributed by atoms with Gasteiger partial charge in [-0.1, -0.05) is 19.8 Å². The first-order chi connectivity index (χ1) is 7.21. The second kappa shape index (κ2) is 4.13. The minimum Gasteiger partial charge on any atom is -0.299 e. The highest BCUT2D eigenvalue weighted by Gasteiger charge is 2.35. The summed E-state index contributed by atoms with van der Waals surface area (Å²) in [5.74, 6) is 0.395. The maximum atomic E-state index is 12.1. The number of hydrogen-bond donors (Lipinski definition) is 0. The first-order valence-corrected chi connectivity index (χ1v) is 5.63. The quantitative estimate of drug-likeness (QED) is 0.756. The van der Waals surface area contributed by atoms with E-state index in [4.69, 9.17) is 0 Å². The molecule has 0 aliphatic heterocycles. The van der Waals surface area contributed by atoms with Crippen molar-refractivity contribution in [2.75, 3.05) is 0 Å². The number of Topliss-reactive ketones (excluding diaryl/α,β-unsaturated/α-hetero) is 1. The molecule has 1 aliphatic carbocycles. The maximum Gasteiger partial charge on any atom is 0.143 e. The van der Waals surface area contributed by atoms with Gasteiger partial charge in [-0.05, 0) is 30.5 Å². The molecule has 1 saturated carbocycles. The van der Waals surface area contributed by atoms with Crippen LogP contribution in [0.2, 0.25) is 0 Å². The lowest BCUT2D eigenvalue weighted by Gasteiger charge is -2.21. The van der Waals surface area contributed by atoms with E-state index < -0.39 is 0 Å². The molecule has 0 radical (unpaired) electrons. The van der Waals surface area contributed by atoms with Gasteiger partial charge in [0.2, 0.25) is 0 Å². The molecule has 0 aromatic carbocycles. The average Bonchev–Trinajstić information content (AvgIpc) is 2.68. The molecule has 0 bridgehead atoms. The molecule has 2 rings (SSSR count). The van der Waals surface area contributed by atoms with Gasteiger partial charge in [0.1, 0.15) is 5.78 Å². The zero-order valence-corrected chi connectivity index (χ0v) is 9.20. The Kier molecular flexibility index (Phi) is 2.85. The van der Waals surface area contributed by atoms with Gasteiger partial charge in [0.15, 0.2) is 0 Å². The van der Waals surface area contributed by atoms with Crippen molar-refractivity contribution in [3.63, 3.8) is 0 Å². The fourth-order valence-corrected chi connectivity index (χ4v) is 2.33. The summed E-state index contributed by atoms with van der Waals surface area (Å²) in [5, 5.41) is 0. The van der Waals surface area contributed by atoms with Crippen LogP contribution in [-0.4, -0.2) is 10.8 Å². The molecule has 0 saturated heterocycles. The van der Waals surface area contributed by atoms with E-state index >= 15 is 0 Å². The monoisotopic (exact) mass is 203 g/mol. The van der Waals surface area contributed by atoms with Crippen LogP contribution in [0, 0.1) is 5.41 Å². The third-order valence-corrected chi connectivity index (χ3v) is 3.49. The summed E-state index contributed by atoms with van der Waals surface area (Å²) in [6, 6.07) is 3.85. The van der Waals surface area contributed by atoms with Gasteiger partial charge in [0, 0.05) is 24.2 Å². The summed E-state index contributed by atoms with van der Waals surface area (Å²) < 4.78 is 0. The predicted molar refractivity (Wildman–Crippen MR) is 59.5 cm³/mol. The predicted octanol–water partition coefficient (Wildman–Crippen LogP) is 2.77. The van der Waals surface area contributed by atoms with Crippen molar-refractivity contribution in [3.05, 3.63) is 30.1 Å². The van der Waals surface area contributed by atoms with Crippen LogP contribution in [-0.2, 0) is 11.2 Å². The largest absolute Gasteiger partial charge is 0.299 e. The highest BCUT2D eigenvalue weighted by Crippen LogP contribution is 2.38. The molecule has 1 aliphatic rings. The molecule has 2 nitrogen and oxygen atoms in total. The maximum absolute atomic E-state index is 12.1. The van der Waals surface area contributed by atoms with Gasteiger partial charge in [-0.15, -0.1) is 0 Å². The Labute approximate surface area is 90.7 Å². The van der Waals surface area contributed by atoms with Crippen LogP contribution >= 0.6 is 0 Å². The van der Waals surface area contributed by atoms with Crippen molar-refractivity contribution in [2.24, 2.45) is 5.41 Å². The third kappa shape index (κ3) is 2.25. The number of ketones is 1. The van der Waals surface area contributed by atoms with Crippen molar-refractivity contribution < 1.29 is 4.79 Å². The van der Waals surface area contributed by atoms with Gasteiger partial charge >= 0.3 is 0 Å². The number of aromatic nitrogens is 1. The first-order valence-electron chi connectivity index (χ1n) is 5.63. The van der Waals surface area contributed by atoms with Crippen molar-refractivity contribution in [1.82, 2.24) is 4.98 Å². The van der Waals surface area contributed by atoms with E-state index in [0.29, 0.717) is 12.2 Å². The van der Waals surface area contributed by atoms with Crippen LogP contribution in [0.25, 0.3) is 0 Å². The lowest BCUT2D eigenvalue weighted by atomic mass is 9.81. The molecule has 0 N–H and O–H groups in total. The van der Waals surface area contributed by atoms with Crippen LogP contribution in [0.1, 0.15) is 38.2 Å². The summed E-state index contributed by atoms with van der Waals surface area (Å²) >= 11 is 0. The number of rotatable bonds is 3. The first kappa shape index (κ1) is 10.3. The second-order valence-electron chi connectivity index (χ2n) is 4.72. The minimum atomic E-state index is -0.0523. The molecule has 0 amide bonds. The van der Waals surface area contributed by atoms with Gasteiger partial charge < -0.3 is 0 Å². The van der Waals surface area contributed by atoms with Crippen LogP contribution in [0.4, 0.5) is 0 Å². The second-order valence-corrected chi connectivity index (χ2v) is 4.72. The highest BCUT2D eigenvalue weighted by atomic mass is 16.1. The molecular formula is C13H17NO. The Morgan fingerprint density at radius 1 is 1.33 bits per heavy atom. The van der Waals surface area contributed by atoms with Gasteiger partial charge in [-0.3, -0.25) is 9.78 Å².